The van der Waals surface area contributed by atoms with E-state index in [1.807, 2.05) is 19.1 Å². The van der Waals surface area contributed by atoms with Crippen LogP contribution in [-0.4, -0.2) is 32.6 Å². The summed E-state index contributed by atoms with van der Waals surface area (Å²) in [5, 5.41) is 3.06. The Morgan fingerprint density at radius 2 is 2.24 bits per heavy atom. The number of para-hydroxylation sites is 1. The van der Waals surface area contributed by atoms with Crippen LogP contribution in [0.25, 0.3) is 0 Å². The van der Waals surface area contributed by atoms with Crippen molar-refractivity contribution in [3.05, 3.63) is 29.3 Å². The van der Waals surface area contributed by atoms with E-state index in [1.165, 1.54) is 5.56 Å². The lowest BCUT2D eigenvalue weighted by Crippen LogP contribution is -2.40. The summed E-state index contributed by atoms with van der Waals surface area (Å²) in [6, 6.07) is 5.95. The average molecular weight is 309 g/mol. The topological polar surface area (TPSA) is 55.4 Å². The van der Waals surface area contributed by atoms with Crippen LogP contribution in [0.4, 0.5) is 0 Å². The van der Waals surface area contributed by atoms with E-state index in [4.69, 9.17) is 4.74 Å². The normalized spacial score (nSPS) is 25.1. The van der Waals surface area contributed by atoms with E-state index in [1.54, 1.807) is 0 Å². The van der Waals surface area contributed by atoms with Crippen molar-refractivity contribution in [1.29, 1.82) is 0 Å². The molecular weight excluding hydrogens is 286 g/mol. The summed E-state index contributed by atoms with van der Waals surface area (Å²) in [5.74, 6) is 1.22. The van der Waals surface area contributed by atoms with Crippen LogP contribution in [0.1, 0.15) is 43.4 Å². The second kappa shape index (κ2) is 5.97. The summed E-state index contributed by atoms with van der Waals surface area (Å²) in [6.45, 7) is 3.47. The lowest BCUT2D eigenvalue weighted by atomic mass is 9.96. The molecule has 2 aliphatic heterocycles. The predicted octanol–water partition coefficient (Wildman–Crippen LogP) is 2.24. The monoisotopic (exact) mass is 309 g/mol. The van der Waals surface area contributed by atoms with Crippen LogP contribution in [0.2, 0.25) is 0 Å². The molecular formula is C16H23NO3S. The Morgan fingerprint density at radius 3 is 3.00 bits per heavy atom. The number of nitrogens with one attached hydrogen (secondary N) is 1. The van der Waals surface area contributed by atoms with Crippen molar-refractivity contribution in [2.75, 3.05) is 18.9 Å². The van der Waals surface area contributed by atoms with E-state index in [0.717, 1.165) is 43.5 Å². The molecule has 1 aromatic rings. The third kappa shape index (κ3) is 2.81. The van der Waals surface area contributed by atoms with E-state index in [2.05, 4.69) is 11.4 Å². The molecule has 1 N–H and O–H groups in total. The van der Waals surface area contributed by atoms with Crippen molar-refractivity contribution in [2.24, 2.45) is 0 Å². The van der Waals surface area contributed by atoms with Crippen LogP contribution in [0.3, 0.4) is 0 Å². The maximum atomic E-state index is 12.5. The van der Waals surface area contributed by atoms with Crippen molar-refractivity contribution >= 4 is 9.84 Å². The molecule has 0 aromatic heterocycles. The summed E-state index contributed by atoms with van der Waals surface area (Å²) < 4.78 is 30.8. The molecule has 1 aromatic carbocycles. The number of ether oxygens (including phenoxy) is 1. The van der Waals surface area contributed by atoms with E-state index >= 15 is 0 Å². The molecule has 0 radical (unpaired) electrons. The van der Waals surface area contributed by atoms with Crippen LogP contribution in [0.15, 0.2) is 18.2 Å². The third-order valence-electron chi connectivity index (χ3n) is 4.50. The standard InChI is InChI=1S/C16H23NO3S/c1-2-17-15(14-8-3-4-11-21(14,18)19)13-7-5-6-12-9-10-20-16(12)13/h5-7,14-15,17H,2-4,8-11H2,1H3. The number of hydrogen-bond donors (Lipinski definition) is 1. The van der Waals surface area contributed by atoms with Gasteiger partial charge in [0.25, 0.3) is 0 Å². The molecule has 0 bridgehead atoms. The number of fused-ring (bicyclic) bond motifs is 1. The van der Waals surface area contributed by atoms with Gasteiger partial charge in [0.1, 0.15) is 5.75 Å². The lowest BCUT2D eigenvalue weighted by Gasteiger charge is -2.31. The van der Waals surface area contributed by atoms with Crippen LogP contribution in [0.5, 0.6) is 5.75 Å². The molecule has 2 atom stereocenters. The second-order valence-corrected chi connectivity index (χ2v) is 8.21. The molecule has 2 unspecified atom stereocenters. The minimum absolute atomic E-state index is 0.159. The van der Waals surface area contributed by atoms with Gasteiger partial charge in [-0.1, -0.05) is 31.5 Å². The smallest absolute Gasteiger partial charge is 0.155 e. The fourth-order valence-corrected chi connectivity index (χ4v) is 5.59. The van der Waals surface area contributed by atoms with E-state index in [0.29, 0.717) is 12.4 Å². The Kier molecular flexibility index (Phi) is 4.22. The van der Waals surface area contributed by atoms with Crippen molar-refractivity contribution < 1.29 is 13.2 Å². The van der Waals surface area contributed by atoms with Gasteiger partial charge in [-0.15, -0.1) is 0 Å². The Balaban J connectivity index is 2.00. The first kappa shape index (κ1) is 14.9. The largest absolute Gasteiger partial charge is 0.493 e. The lowest BCUT2D eigenvalue weighted by molar-refractivity contribution is 0.345. The highest BCUT2D eigenvalue weighted by molar-refractivity contribution is 7.92. The molecule has 21 heavy (non-hydrogen) atoms. The molecule has 2 aliphatic rings. The molecule has 3 rings (SSSR count). The van der Waals surface area contributed by atoms with Gasteiger partial charge in [-0.2, -0.15) is 0 Å². The Bertz CT molecular complexity index is 612. The molecule has 2 heterocycles. The number of sulfone groups is 1. The van der Waals surface area contributed by atoms with Gasteiger partial charge in [0.2, 0.25) is 0 Å². The van der Waals surface area contributed by atoms with Gasteiger partial charge in [0, 0.05) is 12.0 Å². The van der Waals surface area contributed by atoms with E-state index in [-0.39, 0.29) is 11.3 Å². The van der Waals surface area contributed by atoms with Crippen molar-refractivity contribution in [1.82, 2.24) is 5.32 Å². The molecule has 116 valence electrons. The summed E-state index contributed by atoms with van der Waals surface area (Å²) in [7, 11) is -3.03. The minimum atomic E-state index is -3.03. The van der Waals surface area contributed by atoms with Gasteiger partial charge in [-0.05, 0) is 24.9 Å². The van der Waals surface area contributed by atoms with Gasteiger partial charge >= 0.3 is 0 Å². The van der Waals surface area contributed by atoms with Crippen molar-refractivity contribution in [3.63, 3.8) is 0 Å². The average Bonchev–Trinajstić information content (AvgIpc) is 2.93. The fourth-order valence-electron chi connectivity index (χ4n) is 3.50. The van der Waals surface area contributed by atoms with Gasteiger partial charge < -0.3 is 10.1 Å². The summed E-state index contributed by atoms with van der Waals surface area (Å²) in [4.78, 5) is 0. The zero-order valence-electron chi connectivity index (χ0n) is 12.5. The highest BCUT2D eigenvalue weighted by atomic mass is 32.2. The number of rotatable bonds is 4. The Labute approximate surface area is 126 Å². The van der Waals surface area contributed by atoms with Gasteiger partial charge in [-0.25, -0.2) is 8.42 Å². The predicted molar refractivity (Wildman–Crippen MR) is 83.5 cm³/mol. The highest BCUT2D eigenvalue weighted by Crippen LogP contribution is 2.38. The molecule has 0 saturated carbocycles. The molecule has 5 heteroatoms. The third-order valence-corrected chi connectivity index (χ3v) is 6.79. The minimum Gasteiger partial charge on any atom is -0.493 e. The molecule has 0 aliphatic carbocycles. The van der Waals surface area contributed by atoms with Gasteiger partial charge in [-0.3, -0.25) is 0 Å². The number of benzene rings is 1. The van der Waals surface area contributed by atoms with Gasteiger partial charge in [0.15, 0.2) is 9.84 Å². The molecule has 1 saturated heterocycles. The first-order valence-electron chi connectivity index (χ1n) is 7.83. The summed E-state index contributed by atoms with van der Waals surface area (Å²) >= 11 is 0. The zero-order chi connectivity index (χ0) is 14.9. The first-order chi connectivity index (χ1) is 10.1. The van der Waals surface area contributed by atoms with E-state index < -0.39 is 9.84 Å². The van der Waals surface area contributed by atoms with Gasteiger partial charge in [0.05, 0.1) is 23.7 Å². The molecule has 0 amide bonds. The summed E-state index contributed by atoms with van der Waals surface area (Å²) in [6.07, 6.45) is 3.44. The van der Waals surface area contributed by atoms with Crippen LogP contribution in [0, 0.1) is 0 Å². The quantitative estimate of drug-likeness (QED) is 0.927. The molecule has 0 spiro atoms. The Hall–Kier alpha value is -1.07. The highest BCUT2D eigenvalue weighted by Gasteiger charge is 2.37. The second-order valence-electron chi connectivity index (χ2n) is 5.87. The van der Waals surface area contributed by atoms with Crippen LogP contribution < -0.4 is 10.1 Å². The number of hydrogen-bond acceptors (Lipinski definition) is 4. The zero-order valence-corrected chi connectivity index (χ0v) is 13.3. The fraction of sp³-hybridized carbons (Fsp3) is 0.625. The first-order valence-corrected chi connectivity index (χ1v) is 9.54. The molecule has 4 nitrogen and oxygen atoms in total. The van der Waals surface area contributed by atoms with Crippen LogP contribution >= 0.6 is 0 Å². The maximum absolute atomic E-state index is 12.5. The Morgan fingerprint density at radius 1 is 1.38 bits per heavy atom. The SMILES string of the molecule is CCNC(c1cccc2c1OCC2)C1CCCCS1(=O)=O. The molecule has 1 fully saturated rings. The summed E-state index contributed by atoms with van der Waals surface area (Å²) in [5.41, 5.74) is 2.21. The maximum Gasteiger partial charge on any atom is 0.155 e. The van der Waals surface area contributed by atoms with E-state index in [9.17, 15) is 8.42 Å². The van der Waals surface area contributed by atoms with Crippen molar-refractivity contribution in [3.8, 4) is 5.75 Å². The van der Waals surface area contributed by atoms with Crippen LogP contribution in [-0.2, 0) is 16.3 Å². The van der Waals surface area contributed by atoms with Crippen molar-refractivity contribution in [2.45, 2.75) is 43.9 Å².